The minimum absolute atomic E-state index is 0.0468. The van der Waals surface area contributed by atoms with E-state index in [1.807, 2.05) is 19.9 Å². The highest BCUT2D eigenvalue weighted by molar-refractivity contribution is 7.92. The fraction of sp³-hybridized carbons (Fsp3) is 0.333. The number of rotatable bonds is 13. The van der Waals surface area contributed by atoms with Crippen LogP contribution < -0.4 is 14.4 Å². The first-order valence-electron chi connectivity index (χ1n) is 13.1. The van der Waals surface area contributed by atoms with Crippen LogP contribution in [0.4, 0.5) is 5.69 Å². The topological polar surface area (TPSA) is 96.0 Å². The van der Waals surface area contributed by atoms with Gasteiger partial charge in [0.25, 0.3) is 10.0 Å². The van der Waals surface area contributed by atoms with Gasteiger partial charge in [-0.2, -0.15) is 0 Å². The molecule has 0 aliphatic carbocycles. The number of halogens is 1. The SMILES string of the molecule is CCCCNC(=O)[C@H](C)N(Cc1cccc(OC)c1)C(=O)CN(c1ccc(Cl)cc1)S(=O)(=O)c1ccc(C)cc1. The van der Waals surface area contributed by atoms with Gasteiger partial charge in [-0.15, -0.1) is 0 Å². The third kappa shape index (κ3) is 7.99. The molecule has 0 spiro atoms. The predicted molar refractivity (Wildman–Crippen MR) is 158 cm³/mol. The van der Waals surface area contributed by atoms with E-state index in [4.69, 9.17) is 16.3 Å². The molecule has 0 saturated carbocycles. The number of anilines is 1. The van der Waals surface area contributed by atoms with Crippen LogP contribution in [0.1, 0.15) is 37.8 Å². The molecule has 2 amide bonds. The van der Waals surface area contributed by atoms with Crippen LogP contribution in [0.15, 0.2) is 77.7 Å². The van der Waals surface area contributed by atoms with Crippen molar-refractivity contribution in [1.82, 2.24) is 10.2 Å². The van der Waals surface area contributed by atoms with Crippen molar-refractivity contribution in [3.63, 3.8) is 0 Å². The van der Waals surface area contributed by atoms with Gasteiger partial charge in [0.05, 0.1) is 17.7 Å². The van der Waals surface area contributed by atoms with Crippen LogP contribution in [0, 0.1) is 6.92 Å². The normalized spacial score (nSPS) is 11.9. The lowest BCUT2D eigenvalue weighted by atomic mass is 10.1. The molecule has 8 nitrogen and oxygen atoms in total. The highest BCUT2D eigenvalue weighted by Gasteiger charge is 2.32. The molecule has 0 fully saturated rings. The maximum absolute atomic E-state index is 13.9. The molecule has 3 rings (SSSR count). The molecule has 0 bridgehead atoms. The van der Waals surface area contributed by atoms with Crippen LogP contribution >= 0.6 is 11.6 Å². The summed E-state index contributed by atoms with van der Waals surface area (Å²) < 4.78 is 34.0. The Morgan fingerprint density at radius 3 is 2.33 bits per heavy atom. The van der Waals surface area contributed by atoms with Gasteiger partial charge in [-0.05, 0) is 74.4 Å². The molecule has 40 heavy (non-hydrogen) atoms. The third-order valence-corrected chi connectivity index (χ3v) is 8.53. The monoisotopic (exact) mass is 585 g/mol. The predicted octanol–water partition coefficient (Wildman–Crippen LogP) is 5.19. The number of carbonyl (C=O) groups excluding carboxylic acids is 2. The zero-order valence-corrected chi connectivity index (χ0v) is 24.8. The van der Waals surface area contributed by atoms with E-state index in [0.717, 1.165) is 28.3 Å². The molecule has 3 aromatic carbocycles. The van der Waals surface area contributed by atoms with Gasteiger partial charge in [-0.1, -0.05) is 54.8 Å². The lowest BCUT2D eigenvalue weighted by Gasteiger charge is -2.32. The molecule has 1 N–H and O–H groups in total. The van der Waals surface area contributed by atoms with E-state index in [2.05, 4.69) is 5.32 Å². The molecule has 1 atom stereocenters. The summed E-state index contributed by atoms with van der Waals surface area (Å²) in [4.78, 5) is 28.4. The van der Waals surface area contributed by atoms with Gasteiger partial charge in [0.2, 0.25) is 11.8 Å². The van der Waals surface area contributed by atoms with Crippen molar-refractivity contribution < 1.29 is 22.7 Å². The number of sulfonamides is 1. The Labute approximate surface area is 241 Å². The van der Waals surface area contributed by atoms with E-state index in [1.165, 1.54) is 17.0 Å². The summed E-state index contributed by atoms with van der Waals surface area (Å²) in [7, 11) is -2.59. The average Bonchev–Trinajstić information content (AvgIpc) is 2.95. The number of unbranched alkanes of at least 4 members (excludes halogenated alkanes) is 1. The fourth-order valence-electron chi connectivity index (χ4n) is 4.06. The summed E-state index contributed by atoms with van der Waals surface area (Å²) in [6.07, 6.45) is 1.72. The summed E-state index contributed by atoms with van der Waals surface area (Å²) in [6, 6.07) is 19.0. The number of carbonyl (C=O) groups is 2. The number of amides is 2. The number of methoxy groups -OCH3 is 1. The summed E-state index contributed by atoms with van der Waals surface area (Å²) >= 11 is 6.07. The van der Waals surface area contributed by atoms with Crippen molar-refractivity contribution in [2.75, 3.05) is 24.5 Å². The summed E-state index contributed by atoms with van der Waals surface area (Å²) in [5.74, 6) is -0.245. The van der Waals surface area contributed by atoms with Crippen molar-refractivity contribution >= 4 is 39.1 Å². The van der Waals surface area contributed by atoms with E-state index >= 15 is 0 Å². The zero-order chi connectivity index (χ0) is 29.3. The van der Waals surface area contributed by atoms with Gasteiger partial charge in [-0.3, -0.25) is 13.9 Å². The molecule has 0 radical (unpaired) electrons. The van der Waals surface area contributed by atoms with Crippen molar-refractivity contribution in [3.8, 4) is 5.75 Å². The molecule has 214 valence electrons. The Kier molecular flexibility index (Phi) is 11.0. The van der Waals surface area contributed by atoms with Gasteiger partial charge in [0.1, 0.15) is 18.3 Å². The maximum Gasteiger partial charge on any atom is 0.264 e. The maximum atomic E-state index is 13.9. The van der Waals surface area contributed by atoms with E-state index < -0.39 is 28.5 Å². The first-order valence-corrected chi connectivity index (χ1v) is 14.9. The van der Waals surface area contributed by atoms with Crippen LogP contribution in [-0.2, 0) is 26.2 Å². The second kappa shape index (κ2) is 14.2. The van der Waals surface area contributed by atoms with Gasteiger partial charge in [0, 0.05) is 18.1 Å². The quantitative estimate of drug-likeness (QED) is 0.279. The minimum atomic E-state index is -4.14. The lowest BCUT2D eigenvalue weighted by molar-refractivity contribution is -0.139. The van der Waals surface area contributed by atoms with Crippen LogP contribution in [-0.4, -0.2) is 51.4 Å². The van der Waals surface area contributed by atoms with E-state index in [0.29, 0.717) is 17.3 Å². The smallest absolute Gasteiger partial charge is 0.264 e. The molecule has 0 unspecified atom stereocenters. The van der Waals surface area contributed by atoms with Gasteiger partial charge in [-0.25, -0.2) is 8.42 Å². The van der Waals surface area contributed by atoms with Crippen molar-refractivity contribution in [3.05, 3.63) is 88.9 Å². The molecule has 0 saturated heterocycles. The summed E-state index contributed by atoms with van der Waals surface area (Å²) in [5, 5.41) is 3.31. The molecule has 10 heteroatoms. The van der Waals surface area contributed by atoms with E-state index in [1.54, 1.807) is 68.6 Å². The molecule has 3 aromatic rings. The average molecular weight is 586 g/mol. The Hall–Kier alpha value is -3.56. The van der Waals surface area contributed by atoms with Gasteiger partial charge < -0.3 is 15.0 Å². The van der Waals surface area contributed by atoms with Crippen LogP contribution in [0.2, 0.25) is 5.02 Å². The number of aryl methyl sites for hydroxylation is 1. The first-order chi connectivity index (χ1) is 19.1. The van der Waals surface area contributed by atoms with E-state index in [-0.39, 0.29) is 23.0 Å². The number of hydrogen-bond donors (Lipinski definition) is 1. The number of benzene rings is 3. The second-order valence-electron chi connectivity index (χ2n) is 9.49. The van der Waals surface area contributed by atoms with Gasteiger partial charge >= 0.3 is 0 Å². The number of nitrogens with zero attached hydrogens (tertiary/aromatic N) is 2. The molecule has 0 aliphatic heterocycles. The van der Waals surface area contributed by atoms with Crippen LogP contribution in [0.5, 0.6) is 5.75 Å². The molecule has 0 aliphatic rings. The number of ether oxygens (including phenoxy) is 1. The first kappa shape index (κ1) is 31.0. The Morgan fingerprint density at radius 1 is 1.02 bits per heavy atom. The van der Waals surface area contributed by atoms with Crippen LogP contribution in [0.25, 0.3) is 0 Å². The molecule has 0 aromatic heterocycles. The van der Waals surface area contributed by atoms with E-state index in [9.17, 15) is 18.0 Å². The largest absolute Gasteiger partial charge is 0.497 e. The standard InChI is InChI=1S/C30H36ClN3O5S/c1-5-6-18-32-30(36)23(3)33(20-24-8-7-9-27(19-24)39-4)29(35)21-34(26-14-12-25(31)13-15-26)40(37,38)28-16-10-22(2)11-17-28/h7-17,19,23H,5-6,18,20-21H2,1-4H3,(H,32,36)/t23-/m0/s1. The number of nitrogens with one attached hydrogen (secondary N) is 1. The zero-order valence-electron chi connectivity index (χ0n) is 23.3. The van der Waals surface area contributed by atoms with Crippen LogP contribution in [0.3, 0.4) is 0 Å². The summed E-state index contributed by atoms with van der Waals surface area (Å²) in [5.41, 5.74) is 1.92. The third-order valence-electron chi connectivity index (χ3n) is 6.49. The highest BCUT2D eigenvalue weighted by atomic mass is 35.5. The number of hydrogen-bond acceptors (Lipinski definition) is 5. The second-order valence-corrected chi connectivity index (χ2v) is 11.8. The minimum Gasteiger partial charge on any atom is -0.497 e. The van der Waals surface area contributed by atoms with Crippen molar-refractivity contribution in [2.24, 2.45) is 0 Å². The van der Waals surface area contributed by atoms with Crippen molar-refractivity contribution in [1.29, 1.82) is 0 Å². The Morgan fingerprint density at radius 2 is 1.70 bits per heavy atom. The molecular weight excluding hydrogens is 550 g/mol. The lowest BCUT2D eigenvalue weighted by Crippen LogP contribution is -2.51. The fourth-order valence-corrected chi connectivity index (χ4v) is 5.60. The molecular formula is C30H36ClN3O5S. The Bertz CT molecular complexity index is 1400. The highest BCUT2D eigenvalue weighted by Crippen LogP contribution is 2.26. The molecule has 0 heterocycles. The van der Waals surface area contributed by atoms with Crippen molar-refractivity contribution in [2.45, 2.75) is 51.1 Å². The Balaban J connectivity index is 2.00. The summed E-state index contributed by atoms with van der Waals surface area (Å²) in [6.45, 7) is 5.57. The van der Waals surface area contributed by atoms with Gasteiger partial charge in [0.15, 0.2) is 0 Å².